The van der Waals surface area contributed by atoms with E-state index in [9.17, 15) is 0 Å². The third-order valence-corrected chi connectivity index (χ3v) is 3.96. The lowest BCUT2D eigenvalue weighted by molar-refractivity contribution is 0.793. The molecule has 1 aliphatic rings. The Kier molecular flexibility index (Phi) is 3.02. The number of fused-ring (bicyclic) bond motifs is 1. The quantitative estimate of drug-likeness (QED) is 0.713. The number of hydrogen-bond acceptors (Lipinski definition) is 2. The molecule has 2 rings (SSSR count). The number of allylic oxidation sites excluding steroid dienone is 2. The zero-order valence-electron chi connectivity index (χ0n) is 8.97. The standard InChI is InChI=1S/C12H17NS/c1-3-9(4-2)10-6-5-7-11-12(10)14-8-13-11/h8H,3-7H2,1-2H3. The zero-order valence-corrected chi connectivity index (χ0v) is 9.78. The first-order chi connectivity index (χ1) is 6.86. The van der Waals surface area contributed by atoms with Gasteiger partial charge in [0.2, 0.25) is 0 Å². The number of rotatable bonds is 2. The number of aryl methyl sites for hydroxylation is 1. The van der Waals surface area contributed by atoms with Crippen molar-refractivity contribution in [2.75, 3.05) is 0 Å². The maximum Gasteiger partial charge on any atom is 0.0801 e. The number of hydrogen-bond donors (Lipinski definition) is 0. The Morgan fingerprint density at radius 3 is 2.86 bits per heavy atom. The van der Waals surface area contributed by atoms with Crippen molar-refractivity contribution in [1.29, 1.82) is 0 Å². The lowest BCUT2D eigenvalue weighted by Crippen LogP contribution is -2.01. The molecule has 1 heterocycles. The second kappa shape index (κ2) is 4.26. The molecule has 0 N–H and O–H groups in total. The first-order valence-electron chi connectivity index (χ1n) is 5.50. The van der Waals surface area contributed by atoms with E-state index in [4.69, 9.17) is 0 Å². The SMILES string of the molecule is CCC(CC)=C1CCCc2ncsc21. The van der Waals surface area contributed by atoms with Crippen LogP contribution in [0.1, 0.15) is 50.1 Å². The van der Waals surface area contributed by atoms with Crippen LogP contribution in [0, 0.1) is 0 Å². The highest BCUT2D eigenvalue weighted by atomic mass is 32.1. The topological polar surface area (TPSA) is 12.9 Å². The van der Waals surface area contributed by atoms with Crippen molar-refractivity contribution in [1.82, 2.24) is 4.98 Å². The lowest BCUT2D eigenvalue weighted by atomic mass is 9.91. The average Bonchev–Trinajstić information content (AvgIpc) is 2.68. The van der Waals surface area contributed by atoms with Gasteiger partial charge in [-0.1, -0.05) is 19.4 Å². The van der Waals surface area contributed by atoms with Crippen LogP contribution < -0.4 is 0 Å². The van der Waals surface area contributed by atoms with Crippen molar-refractivity contribution < 1.29 is 0 Å². The molecule has 0 unspecified atom stereocenters. The van der Waals surface area contributed by atoms with Gasteiger partial charge in [-0.15, -0.1) is 11.3 Å². The fraction of sp³-hybridized carbons (Fsp3) is 0.583. The van der Waals surface area contributed by atoms with Gasteiger partial charge in [-0.2, -0.15) is 0 Å². The summed E-state index contributed by atoms with van der Waals surface area (Å²) in [5.74, 6) is 0. The summed E-state index contributed by atoms with van der Waals surface area (Å²) in [4.78, 5) is 5.92. The Bertz CT molecular complexity index is 343. The maximum absolute atomic E-state index is 4.44. The maximum atomic E-state index is 4.44. The van der Waals surface area contributed by atoms with Crippen LogP contribution in [0.15, 0.2) is 11.1 Å². The first kappa shape index (κ1) is 9.91. The molecule has 0 saturated heterocycles. The van der Waals surface area contributed by atoms with Gasteiger partial charge >= 0.3 is 0 Å². The molecule has 0 radical (unpaired) electrons. The van der Waals surface area contributed by atoms with Crippen LogP contribution in [0.5, 0.6) is 0 Å². The fourth-order valence-corrected chi connectivity index (χ4v) is 3.22. The molecule has 0 saturated carbocycles. The predicted molar refractivity (Wildman–Crippen MR) is 62.6 cm³/mol. The molecule has 2 heteroatoms. The Morgan fingerprint density at radius 2 is 2.14 bits per heavy atom. The molecule has 0 amide bonds. The Hall–Kier alpha value is -0.630. The van der Waals surface area contributed by atoms with Crippen LogP contribution in [0.2, 0.25) is 0 Å². The lowest BCUT2D eigenvalue weighted by Gasteiger charge is -2.17. The Balaban J connectivity index is 2.45. The van der Waals surface area contributed by atoms with E-state index in [1.165, 1.54) is 42.7 Å². The Morgan fingerprint density at radius 1 is 1.36 bits per heavy atom. The zero-order chi connectivity index (χ0) is 9.97. The smallest absolute Gasteiger partial charge is 0.0801 e. The van der Waals surface area contributed by atoms with Crippen LogP contribution in [-0.2, 0) is 6.42 Å². The van der Waals surface area contributed by atoms with Crippen molar-refractivity contribution in [3.05, 3.63) is 21.7 Å². The minimum absolute atomic E-state index is 1.18. The summed E-state index contributed by atoms with van der Waals surface area (Å²) >= 11 is 1.82. The van der Waals surface area contributed by atoms with Crippen LogP contribution in [0.25, 0.3) is 5.57 Å². The minimum atomic E-state index is 1.18. The van der Waals surface area contributed by atoms with E-state index >= 15 is 0 Å². The van der Waals surface area contributed by atoms with Crippen molar-refractivity contribution in [3.8, 4) is 0 Å². The van der Waals surface area contributed by atoms with Crippen LogP contribution in [0.3, 0.4) is 0 Å². The molecule has 14 heavy (non-hydrogen) atoms. The van der Waals surface area contributed by atoms with E-state index in [0.29, 0.717) is 0 Å². The molecule has 0 aromatic carbocycles. The predicted octanol–water partition coefficient (Wildman–Crippen LogP) is 4.05. The largest absolute Gasteiger partial charge is 0.249 e. The van der Waals surface area contributed by atoms with E-state index in [0.717, 1.165) is 0 Å². The van der Waals surface area contributed by atoms with E-state index in [1.54, 1.807) is 11.1 Å². The molecule has 0 atom stereocenters. The van der Waals surface area contributed by atoms with Gasteiger partial charge in [-0.05, 0) is 37.7 Å². The molecular formula is C12H17NS. The summed E-state index contributed by atoms with van der Waals surface area (Å²) in [6.07, 6.45) is 6.14. The average molecular weight is 207 g/mol. The number of aromatic nitrogens is 1. The highest BCUT2D eigenvalue weighted by Gasteiger charge is 2.18. The van der Waals surface area contributed by atoms with Gasteiger partial charge in [-0.25, -0.2) is 4.98 Å². The van der Waals surface area contributed by atoms with Gasteiger partial charge in [0.15, 0.2) is 0 Å². The highest BCUT2D eigenvalue weighted by molar-refractivity contribution is 7.11. The van der Waals surface area contributed by atoms with Crippen molar-refractivity contribution in [3.63, 3.8) is 0 Å². The molecule has 0 fully saturated rings. The molecule has 76 valence electrons. The summed E-state index contributed by atoms with van der Waals surface area (Å²) in [5, 5.41) is 0. The van der Waals surface area contributed by atoms with Crippen LogP contribution >= 0.6 is 11.3 Å². The van der Waals surface area contributed by atoms with Crippen LogP contribution in [0.4, 0.5) is 0 Å². The normalized spacial score (nSPS) is 15.4. The Labute approximate surface area is 89.9 Å². The van der Waals surface area contributed by atoms with E-state index in [2.05, 4.69) is 18.8 Å². The molecule has 1 aromatic heterocycles. The molecule has 0 aliphatic heterocycles. The fourth-order valence-electron chi connectivity index (χ4n) is 2.25. The van der Waals surface area contributed by atoms with Gasteiger partial charge in [0.1, 0.15) is 0 Å². The van der Waals surface area contributed by atoms with Gasteiger partial charge in [-0.3, -0.25) is 0 Å². The number of thiazole rings is 1. The molecule has 1 nitrogen and oxygen atoms in total. The summed E-state index contributed by atoms with van der Waals surface area (Å²) < 4.78 is 0. The molecule has 0 spiro atoms. The summed E-state index contributed by atoms with van der Waals surface area (Å²) in [5.41, 5.74) is 6.59. The second-order valence-corrected chi connectivity index (χ2v) is 4.63. The van der Waals surface area contributed by atoms with Crippen molar-refractivity contribution in [2.24, 2.45) is 0 Å². The molecule has 1 aliphatic carbocycles. The first-order valence-corrected chi connectivity index (χ1v) is 6.38. The molecular weight excluding hydrogens is 190 g/mol. The van der Waals surface area contributed by atoms with E-state index in [-0.39, 0.29) is 0 Å². The number of nitrogens with zero attached hydrogens (tertiary/aromatic N) is 1. The summed E-state index contributed by atoms with van der Waals surface area (Å²) in [7, 11) is 0. The van der Waals surface area contributed by atoms with Crippen LogP contribution in [-0.4, -0.2) is 4.98 Å². The van der Waals surface area contributed by atoms with Gasteiger partial charge < -0.3 is 0 Å². The highest BCUT2D eigenvalue weighted by Crippen LogP contribution is 2.36. The van der Waals surface area contributed by atoms with E-state index in [1.807, 2.05) is 16.8 Å². The second-order valence-electron chi connectivity index (χ2n) is 3.77. The third-order valence-electron chi connectivity index (χ3n) is 3.04. The monoisotopic (exact) mass is 207 g/mol. The minimum Gasteiger partial charge on any atom is -0.249 e. The molecule has 0 bridgehead atoms. The van der Waals surface area contributed by atoms with Gasteiger partial charge in [0, 0.05) is 0 Å². The third kappa shape index (κ3) is 1.63. The van der Waals surface area contributed by atoms with Crippen molar-refractivity contribution in [2.45, 2.75) is 46.0 Å². The van der Waals surface area contributed by atoms with E-state index < -0.39 is 0 Å². The molecule has 1 aromatic rings. The van der Waals surface area contributed by atoms with Gasteiger partial charge in [0.25, 0.3) is 0 Å². The summed E-state index contributed by atoms with van der Waals surface area (Å²) in [6, 6.07) is 0. The van der Waals surface area contributed by atoms with Crippen molar-refractivity contribution >= 4 is 16.9 Å². The summed E-state index contributed by atoms with van der Waals surface area (Å²) in [6.45, 7) is 4.53. The van der Waals surface area contributed by atoms with Gasteiger partial charge in [0.05, 0.1) is 16.1 Å².